The van der Waals surface area contributed by atoms with E-state index in [2.05, 4.69) is 30.5 Å². The molecule has 46 heavy (non-hydrogen) atoms. The number of carboxylic acids is 1. The van der Waals surface area contributed by atoms with Crippen LogP contribution >= 0.6 is 46.2 Å². The molecule has 6 rings (SSSR count). The monoisotopic (exact) mass is 703 g/mol. The van der Waals surface area contributed by atoms with E-state index < -0.39 is 36.1 Å². The first-order valence-corrected chi connectivity index (χ1v) is 17.4. The summed E-state index contributed by atoms with van der Waals surface area (Å²) in [7, 11) is 0. The molecule has 3 aliphatic heterocycles. The molecule has 240 valence electrons. The minimum atomic E-state index is -1.29. The van der Waals surface area contributed by atoms with Gasteiger partial charge in [-0.15, -0.1) is 34.4 Å². The van der Waals surface area contributed by atoms with Crippen LogP contribution in [0, 0.1) is 0 Å². The molecule has 5 N–H and O–H groups in total. The van der Waals surface area contributed by atoms with Crippen LogP contribution in [0.1, 0.15) is 5.69 Å². The Kier molecular flexibility index (Phi) is 9.60. The number of fused-ring (bicyclic) bond motifs is 2. The maximum atomic E-state index is 13.1. The minimum absolute atomic E-state index is 0.0424. The Morgan fingerprint density at radius 1 is 1.28 bits per heavy atom. The maximum Gasteiger partial charge on any atom is 0.352 e. The van der Waals surface area contributed by atoms with Gasteiger partial charge < -0.3 is 31.2 Å². The smallest absolute Gasteiger partial charge is 0.352 e. The average Bonchev–Trinajstić information content (AvgIpc) is 3.49. The normalized spacial score (nSPS) is 20.2. The quantitative estimate of drug-likeness (QED) is 0.105. The number of aromatic nitrogens is 1. The van der Waals surface area contributed by atoms with Gasteiger partial charge in [0.2, 0.25) is 0 Å². The van der Waals surface area contributed by atoms with Crippen molar-refractivity contribution in [2.75, 3.05) is 49.4 Å². The fraction of sp³-hybridized carbons (Fsp3) is 0.286. The number of carbonyl (C=O) groups excluding carboxylic acids is 2. The first-order valence-electron chi connectivity index (χ1n) is 13.8. The summed E-state index contributed by atoms with van der Waals surface area (Å²) in [5.41, 5.74) is 6.49. The minimum Gasteiger partial charge on any atom is -0.477 e. The third-order valence-electron chi connectivity index (χ3n) is 7.30. The van der Waals surface area contributed by atoms with Gasteiger partial charge in [-0.25, -0.2) is 14.2 Å². The maximum absolute atomic E-state index is 13.1. The summed E-state index contributed by atoms with van der Waals surface area (Å²) in [4.78, 5) is 63.0. The van der Waals surface area contributed by atoms with E-state index in [1.165, 1.54) is 40.2 Å². The number of rotatable bonds is 10. The lowest BCUT2D eigenvalue weighted by Gasteiger charge is -2.49. The van der Waals surface area contributed by atoms with Crippen LogP contribution in [0.4, 0.5) is 15.2 Å². The Labute approximate surface area is 277 Å². The number of benzene rings is 1. The van der Waals surface area contributed by atoms with E-state index in [1.54, 1.807) is 17.6 Å². The summed E-state index contributed by atoms with van der Waals surface area (Å²) in [6.45, 7) is 2.28. The molecule has 18 heteroatoms. The lowest BCUT2D eigenvalue weighted by atomic mass is 10.0. The number of alkyl halides is 1. The molecule has 2 fully saturated rings. The number of anilines is 2. The van der Waals surface area contributed by atoms with Crippen LogP contribution in [0.15, 0.2) is 66.6 Å². The zero-order valence-corrected chi connectivity index (χ0v) is 27.1. The van der Waals surface area contributed by atoms with Crippen molar-refractivity contribution in [3.63, 3.8) is 0 Å². The zero-order valence-electron chi connectivity index (χ0n) is 23.8. The van der Waals surface area contributed by atoms with E-state index >= 15 is 0 Å². The van der Waals surface area contributed by atoms with Gasteiger partial charge in [0.1, 0.15) is 22.8 Å². The van der Waals surface area contributed by atoms with Crippen molar-refractivity contribution in [1.82, 2.24) is 20.5 Å². The molecule has 5 heterocycles. The predicted molar refractivity (Wildman–Crippen MR) is 178 cm³/mol. The van der Waals surface area contributed by atoms with Gasteiger partial charge in [-0.05, 0) is 35.3 Å². The number of amides is 2. The van der Waals surface area contributed by atoms with Crippen LogP contribution in [-0.2, 0) is 19.2 Å². The van der Waals surface area contributed by atoms with Gasteiger partial charge in [-0.3, -0.25) is 19.3 Å². The Morgan fingerprint density at radius 2 is 2.09 bits per heavy atom. The summed E-state index contributed by atoms with van der Waals surface area (Å²) in [6.07, 6.45) is 1.63. The van der Waals surface area contributed by atoms with E-state index in [0.717, 1.165) is 57.0 Å². The molecule has 2 saturated heterocycles. The molecule has 3 aromatic rings. The number of allylic oxidation sites excluding steroid dienone is 1. The Morgan fingerprint density at radius 3 is 2.80 bits per heavy atom. The molecule has 1 aromatic carbocycles. The first kappa shape index (κ1) is 32.0. The molecule has 3 aliphatic rings. The standard InChI is InChI=1S/C28H26FN7O6S4/c29-13-42-34-21(17-12-45-28(30)32-17)24(38)33-22-25(39)36-23(27(40)41)14(11-44-26(22)36)3-8-43-20-10-18(37)16-2-1-15(9-19(16)46-20)35-6-4-31-5-7-35/h1-3,8-10,12,22,26,31H,4-7,11,13H2,(H2,30,32)(H,33,38)(H,40,41)/b8-3+,34-21-/t22?,26-/m1/s1. The molecular weight excluding hydrogens is 678 g/mol. The summed E-state index contributed by atoms with van der Waals surface area (Å²) >= 11 is 5.08. The van der Waals surface area contributed by atoms with Crippen molar-refractivity contribution in [3.8, 4) is 0 Å². The van der Waals surface area contributed by atoms with Gasteiger partial charge in [0.25, 0.3) is 18.7 Å². The molecule has 2 atom stereocenters. The lowest BCUT2D eigenvalue weighted by molar-refractivity contribution is -0.150. The third-order valence-corrected chi connectivity index (χ3v) is 11.3. The van der Waals surface area contributed by atoms with Crippen LogP contribution < -0.4 is 26.7 Å². The van der Waals surface area contributed by atoms with E-state index in [-0.39, 0.29) is 33.4 Å². The zero-order chi connectivity index (χ0) is 32.4. The van der Waals surface area contributed by atoms with Gasteiger partial charge in [-0.2, -0.15) is 0 Å². The van der Waals surface area contributed by atoms with E-state index in [0.29, 0.717) is 11.0 Å². The van der Waals surface area contributed by atoms with Crippen molar-refractivity contribution >= 4 is 90.6 Å². The second-order valence-corrected chi connectivity index (χ2v) is 14.3. The number of nitrogens with two attached hydrogens (primary N) is 1. The molecule has 13 nitrogen and oxygen atoms in total. The number of hydrogen-bond acceptors (Lipinski definition) is 14. The number of piperazine rings is 1. The number of β-lactam (4-membered cyclic amide) rings is 1. The highest BCUT2D eigenvalue weighted by atomic mass is 32.2. The van der Waals surface area contributed by atoms with Crippen molar-refractivity contribution in [3.05, 3.63) is 68.3 Å². The van der Waals surface area contributed by atoms with Gasteiger partial charge >= 0.3 is 5.97 Å². The number of oxime groups is 1. The topological polar surface area (TPSA) is 180 Å². The van der Waals surface area contributed by atoms with Gasteiger partial charge in [0.15, 0.2) is 16.3 Å². The predicted octanol–water partition coefficient (Wildman–Crippen LogP) is 2.40. The number of halogens is 1. The second-order valence-electron chi connectivity index (χ2n) is 10.1. The summed E-state index contributed by atoms with van der Waals surface area (Å²) < 4.78 is 14.2. The number of nitrogens with one attached hydrogen (secondary N) is 2. The number of nitrogens with zero attached hydrogens (tertiary/aromatic N) is 4. The van der Waals surface area contributed by atoms with Crippen LogP contribution in [-0.4, -0.2) is 88.7 Å². The fourth-order valence-corrected chi connectivity index (χ4v) is 9.03. The molecule has 2 aromatic heterocycles. The number of hydrogen-bond donors (Lipinski definition) is 4. The lowest BCUT2D eigenvalue weighted by Crippen LogP contribution is -2.71. The average molecular weight is 704 g/mol. The Hall–Kier alpha value is -3.97. The van der Waals surface area contributed by atoms with Crippen LogP contribution in [0.3, 0.4) is 0 Å². The largest absolute Gasteiger partial charge is 0.477 e. The van der Waals surface area contributed by atoms with Gasteiger partial charge in [-0.1, -0.05) is 16.9 Å². The highest BCUT2D eigenvalue weighted by Crippen LogP contribution is 2.41. The van der Waals surface area contributed by atoms with Crippen LogP contribution in [0.25, 0.3) is 10.1 Å². The molecule has 2 amide bonds. The molecule has 0 aliphatic carbocycles. The summed E-state index contributed by atoms with van der Waals surface area (Å²) in [5, 5.41) is 22.6. The second kappa shape index (κ2) is 13.8. The number of thioether (sulfide) groups is 2. The molecule has 0 spiro atoms. The van der Waals surface area contributed by atoms with E-state index in [4.69, 9.17) is 5.73 Å². The van der Waals surface area contributed by atoms with E-state index in [1.807, 2.05) is 18.2 Å². The van der Waals surface area contributed by atoms with Gasteiger partial charge in [0.05, 0.1) is 4.21 Å². The number of aliphatic carboxylic acids is 1. The molecule has 0 radical (unpaired) electrons. The SMILES string of the molecule is Nc1nc(/C(=N/OCF)C(=O)NC2C(=O)N3C(C(=O)O)=C(/C=C/Sc4cc(=O)c5ccc(N6CCNCC6)cc5s4)CS[C@H]23)cs1. The summed E-state index contributed by atoms with van der Waals surface area (Å²) in [6, 6.07) is 6.37. The molecular formula is C28H26FN7O6S4. The summed E-state index contributed by atoms with van der Waals surface area (Å²) in [5.74, 6) is -2.52. The number of carboxylic acid groups (broad SMARTS) is 1. The van der Waals surface area contributed by atoms with Crippen molar-refractivity contribution in [1.29, 1.82) is 0 Å². The first-order chi connectivity index (χ1) is 22.2. The molecule has 0 saturated carbocycles. The van der Waals surface area contributed by atoms with Crippen molar-refractivity contribution in [2.45, 2.75) is 15.6 Å². The fourth-order valence-electron chi connectivity index (χ4n) is 5.15. The Balaban J connectivity index is 1.17. The molecule has 0 bridgehead atoms. The number of nitrogen functional groups attached to an aromatic ring is 1. The van der Waals surface area contributed by atoms with Crippen molar-refractivity contribution < 1.29 is 28.7 Å². The Bertz CT molecular complexity index is 1850. The van der Waals surface area contributed by atoms with Gasteiger partial charge in [0, 0.05) is 59.2 Å². The molecule has 1 unspecified atom stereocenters. The van der Waals surface area contributed by atoms with Crippen molar-refractivity contribution in [2.24, 2.45) is 5.16 Å². The highest BCUT2D eigenvalue weighted by molar-refractivity contribution is 8.04. The van der Waals surface area contributed by atoms with Crippen LogP contribution in [0.5, 0.6) is 0 Å². The van der Waals surface area contributed by atoms with Crippen LogP contribution in [0.2, 0.25) is 0 Å². The third kappa shape index (κ3) is 6.48. The number of thiazole rings is 1. The highest BCUT2D eigenvalue weighted by Gasteiger charge is 2.54. The van der Waals surface area contributed by atoms with E-state index in [9.17, 15) is 28.7 Å². The number of carbonyl (C=O) groups is 3.